The first kappa shape index (κ1) is 11.5. The minimum absolute atomic E-state index is 0.733. The van der Waals surface area contributed by atoms with Crippen molar-refractivity contribution in [2.24, 2.45) is 7.05 Å². The van der Waals surface area contributed by atoms with Crippen molar-refractivity contribution in [1.29, 1.82) is 0 Å². The van der Waals surface area contributed by atoms with E-state index in [4.69, 9.17) is 0 Å². The molecular formula is C14H17N3. The number of aryl methyl sites for hydroxylation is 2. The Labute approximate surface area is 102 Å². The van der Waals surface area contributed by atoms with Gasteiger partial charge in [-0.05, 0) is 18.1 Å². The number of anilines is 1. The van der Waals surface area contributed by atoms with Crippen LogP contribution in [0.25, 0.3) is 5.57 Å². The highest BCUT2D eigenvalue weighted by Crippen LogP contribution is 2.15. The van der Waals surface area contributed by atoms with Gasteiger partial charge in [0.05, 0.1) is 11.4 Å². The van der Waals surface area contributed by atoms with Gasteiger partial charge in [-0.25, -0.2) is 0 Å². The number of rotatable bonds is 4. The Morgan fingerprint density at radius 2 is 2.06 bits per heavy atom. The van der Waals surface area contributed by atoms with Gasteiger partial charge in [0.25, 0.3) is 0 Å². The number of hydrogen-bond donors (Lipinski definition) is 1. The highest BCUT2D eigenvalue weighted by Gasteiger charge is 2.03. The first-order valence-corrected chi connectivity index (χ1v) is 5.64. The van der Waals surface area contributed by atoms with Gasteiger partial charge in [-0.3, -0.25) is 4.68 Å². The Hall–Kier alpha value is -2.03. The van der Waals surface area contributed by atoms with Gasteiger partial charge in [-0.15, -0.1) is 0 Å². The quantitative estimate of drug-likeness (QED) is 0.870. The molecule has 0 saturated heterocycles. The van der Waals surface area contributed by atoms with Crippen LogP contribution in [0, 0.1) is 6.92 Å². The van der Waals surface area contributed by atoms with E-state index in [9.17, 15) is 0 Å². The van der Waals surface area contributed by atoms with E-state index >= 15 is 0 Å². The fourth-order valence-corrected chi connectivity index (χ4v) is 1.75. The van der Waals surface area contributed by atoms with Crippen LogP contribution in [0.4, 0.5) is 5.69 Å². The van der Waals surface area contributed by atoms with Crippen molar-refractivity contribution in [2.75, 3.05) is 11.9 Å². The van der Waals surface area contributed by atoms with Crippen LogP contribution in [0.2, 0.25) is 0 Å². The first-order valence-electron chi connectivity index (χ1n) is 5.64. The lowest BCUT2D eigenvalue weighted by Gasteiger charge is -2.08. The zero-order valence-corrected chi connectivity index (χ0v) is 10.3. The van der Waals surface area contributed by atoms with Crippen molar-refractivity contribution in [3.05, 3.63) is 54.4 Å². The van der Waals surface area contributed by atoms with E-state index < -0.39 is 0 Å². The van der Waals surface area contributed by atoms with Gasteiger partial charge < -0.3 is 5.32 Å². The van der Waals surface area contributed by atoms with E-state index in [1.807, 2.05) is 43.0 Å². The lowest BCUT2D eigenvalue weighted by atomic mass is 10.1. The summed E-state index contributed by atoms with van der Waals surface area (Å²) in [6.45, 7) is 6.81. The molecule has 0 atom stereocenters. The van der Waals surface area contributed by atoms with Crippen LogP contribution in [0.3, 0.4) is 0 Å². The Balaban J connectivity index is 1.99. The molecule has 0 aliphatic heterocycles. The molecule has 0 spiro atoms. The van der Waals surface area contributed by atoms with Crippen LogP contribution in [0.15, 0.2) is 43.1 Å². The number of nitrogens with one attached hydrogen (secondary N) is 1. The maximum Gasteiger partial charge on any atom is 0.0825 e. The Morgan fingerprint density at radius 3 is 2.65 bits per heavy atom. The number of nitrogens with zero attached hydrogens (tertiary/aromatic N) is 2. The van der Waals surface area contributed by atoms with Gasteiger partial charge in [-0.2, -0.15) is 5.10 Å². The molecule has 1 aromatic carbocycles. The number of aromatic nitrogens is 2. The molecule has 17 heavy (non-hydrogen) atoms. The van der Waals surface area contributed by atoms with Crippen molar-refractivity contribution in [3.8, 4) is 0 Å². The molecule has 88 valence electrons. The zero-order chi connectivity index (χ0) is 12.3. The molecule has 1 aromatic heterocycles. The fraction of sp³-hybridized carbons (Fsp3) is 0.214. The molecule has 3 nitrogen and oxygen atoms in total. The molecule has 2 rings (SSSR count). The van der Waals surface area contributed by atoms with Gasteiger partial charge >= 0.3 is 0 Å². The minimum atomic E-state index is 0.733. The van der Waals surface area contributed by atoms with Crippen molar-refractivity contribution >= 4 is 11.3 Å². The Kier molecular flexibility index (Phi) is 3.28. The average Bonchev–Trinajstić information content (AvgIpc) is 2.66. The molecule has 0 saturated carbocycles. The van der Waals surface area contributed by atoms with E-state index in [1.165, 1.54) is 5.56 Å². The van der Waals surface area contributed by atoms with Gasteiger partial charge in [0.15, 0.2) is 0 Å². The average molecular weight is 227 g/mol. The van der Waals surface area contributed by atoms with Crippen LogP contribution in [-0.4, -0.2) is 16.3 Å². The molecule has 2 aromatic rings. The van der Waals surface area contributed by atoms with Crippen molar-refractivity contribution in [1.82, 2.24) is 9.78 Å². The second kappa shape index (κ2) is 4.87. The maximum atomic E-state index is 4.29. The summed E-state index contributed by atoms with van der Waals surface area (Å²) in [6.07, 6.45) is 1.98. The van der Waals surface area contributed by atoms with E-state index in [-0.39, 0.29) is 0 Å². The third-order valence-corrected chi connectivity index (χ3v) is 2.69. The van der Waals surface area contributed by atoms with Gasteiger partial charge in [0.1, 0.15) is 0 Å². The second-order valence-corrected chi connectivity index (χ2v) is 4.12. The highest BCUT2D eigenvalue weighted by atomic mass is 15.3. The lowest BCUT2D eigenvalue weighted by Crippen LogP contribution is -2.03. The summed E-state index contributed by atoms with van der Waals surface area (Å²) in [5.41, 5.74) is 4.31. The molecule has 0 amide bonds. The van der Waals surface area contributed by atoms with Gasteiger partial charge in [0.2, 0.25) is 0 Å². The molecule has 3 heteroatoms. The summed E-state index contributed by atoms with van der Waals surface area (Å²) in [6, 6.07) is 10.2. The summed E-state index contributed by atoms with van der Waals surface area (Å²) in [7, 11) is 1.92. The molecule has 0 aliphatic carbocycles. The van der Waals surface area contributed by atoms with Crippen LogP contribution in [0.5, 0.6) is 0 Å². The lowest BCUT2D eigenvalue weighted by molar-refractivity contribution is 0.756. The molecule has 0 fully saturated rings. The van der Waals surface area contributed by atoms with E-state index in [1.54, 1.807) is 0 Å². The van der Waals surface area contributed by atoms with E-state index in [0.29, 0.717) is 0 Å². The topological polar surface area (TPSA) is 29.9 Å². The third-order valence-electron chi connectivity index (χ3n) is 2.69. The summed E-state index contributed by atoms with van der Waals surface area (Å²) in [5.74, 6) is 0. The summed E-state index contributed by atoms with van der Waals surface area (Å²) in [4.78, 5) is 0. The Morgan fingerprint density at radius 1 is 1.35 bits per heavy atom. The van der Waals surface area contributed by atoms with E-state index in [2.05, 4.69) is 29.1 Å². The predicted molar refractivity (Wildman–Crippen MR) is 71.9 cm³/mol. The van der Waals surface area contributed by atoms with Gasteiger partial charge in [-0.1, -0.05) is 36.9 Å². The van der Waals surface area contributed by atoms with Crippen molar-refractivity contribution < 1.29 is 0 Å². The second-order valence-electron chi connectivity index (χ2n) is 4.12. The summed E-state index contributed by atoms with van der Waals surface area (Å²) >= 11 is 0. The molecule has 0 bridgehead atoms. The van der Waals surface area contributed by atoms with Crippen LogP contribution in [0.1, 0.15) is 11.3 Å². The van der Waals surface area contributed by atoms with Gasteiger partial charge in [0, 0.05) is 19.8 Å². The third kappa shape index (κ3) is 2.75. The van der Waals surface area contributed by atoms with Crippen LogP contribution < -0.4 is 5.32 Å². The maximum absolute atomic E-state index is 4.29. The molecule has 0 radical (unpaired) electrons. The molecule has 1 heterocycles. The fourth-order valence-electron chi connectivity index (χ4n) is 1.75. The summed E-state index contributed by atoms with van der Waals surface area (Å²) < 4.78 is 1.81. The largest absolute Gasteiger partial charge is 0.378 e. The van der Waals surface area contributed by atoms with Crippen molar-refractivity contribution in [3.63, 3.8) is 0 Å². The van der Waals surface area contributed by atoms with E-state index in [0.717, 1.165) is 23.5 Å². The Bertz CT molecular complexity index is 512. The molecule has 0 aliphatic rings. The highest BCUT2D eigenvalue weighted by molar-refractivity contribution is 5.67. The number of hydrogen-bond acceptors (Lipinski definition) is 2. The molecule has 1 N–H and O–H groups in total. The normalized spacial score (nSPS) is 10.2. The standard InChI is InChI=1S/C14H17N3/c1-11(13-7-5-4-6-8-13)9-15-14-10-17(3)16-12(14)2/h4-8,10,15H,1,9H2,2-3H3. The molecular weight excluding hydrogens is 210 g/mol. The minimum Gasteiger partial charge on any atom is -0.378 e. The number of benzene rings is 1. The predicted octanol–water partition coefficient (Wildman–Crippen LogP) is 2.85. The molecule has 0 unspecified atom stereocenters. The van der Waals surface area contributed by atoms with Crippen molar-refractivity contribution in [2.45, 2.75) is 6.92 Å². The monoisotopic (exact) mass is 227 g/mol. The SMILES string of the molecule is C=C(CNc1cn(C)nc1C)c1ccccc1. The first-order chi connectivity index (χ1) is 8.16. The summed E-state index contributed by atoms with van der Waals surface area (Å²) in [5, 5.41) is 7.64. The smallest absolute Gasteiger partial charge is 0.0825 e. The van der Waals surface area contributed by atoms with Crippen LogP contribution >= 0.6 is 0 Å². The zero-order valence-electron chi connectivity index (χ0n) is 10.3. The van der Waals surface area contributed by atoms with Crippen LogP contribution in [-0.2, 0) is 7.05 Å².